The number of H-pyrrole nitrogens is 2. The third-order valence-corrected chi connectivity index (χ3v) is 12.5. The van der Waals surface area contributed by atoms with Crippen LogP contribution in [0.2, 0.25) is 0 Å². The number of imidazole rings is 2. The number of nitrogens with zero attached hydrogens (tertiary/aromatic N) is 6. The van der Waals surface area contributed by atoms with E-state index in [0.717, 1.165) is 24.3 Å². The Morgan fingerprint density at radius 3 is 1.94 bits per heavy atom. The number of rotatable bonds is 14. The fourth-order valence-electron chi connectivity index (χ4n) is 5.27. The minimum absolute atomic E-state index is 0.0345. The predicted octanol–water partition coefficient (Wildman–Crippen LogP) is -2.22. The lowest BCUT2D eigenvalue weighted by molar-refractivity contribution is -0.133. The first-order chi connectivity index (χ1) is 25.1. The van der Waals surface area contributed by atoms with Crippen molar-refractivity contribution in [1.82, 2.24) is 39.0 Å². The number of nitrogen functional groups attached to an aromatic ring is 2. The summed E-state index contributed by atoms with van der Waals surface area (Å²) in [6, 6.07) is 0. The van der Waals surface area contributed by atoms with Crippen LogP contribution in [0.25, 0.3) is 22.3 Å². The zero-order valence-corrected chi connectivity index (χ0v) is 30.2. The first-order valence-electron chi connectivity index (χ1n) is 14.5. The van der Waals surface area contributed by atoms with E-state index in [1.165, 1.54) is 4.57 Å². The minimum Gasteiger partial charge on any atom is -0.388 e. The van der Waals surface area contributed by atoms with Crippen LogP contribution in [0.1, 0.15) is 18.9 Å². The summed E-state index contributed by atoms with van der Waals surface area (Å²) in [5, 5.41) is 22.0. The Kier molecular flexibility index (Phi) is 10.9. The normalized spacial score (nSPS) is 28.3. The smallest absolute Gasteiger partial charge is 0.388 e. The molecule has 4 aromatic rings. The largest absolute Gasteiger partial charge is 0.490 e. The molecule has 4 unspecified atom stereocenters. The highest BCUT2D eigenvalue weighted by Crippen LogP contribution is 2.67. The average molecular weight is 852 g/mol. The number of aliphatic hydroxyl groups is 2. The molecule has 0 saturated carbocycles. The maximum Gasteiger partial charge on any atom is 0.490 e. The lowest BCUT2D eigenvalue weighted by atomic mass is 10.2. The lowest BCUT2D eigenvalue weighted by Gasteiger charge is -2.26. The molecule has 12 N–H and O–H groups in total. The first-order valence-corrected chi connectivity index (χ1v) is 20.5. The summed E-state index contributed by atoms with van der Waals surface area (Å²) in [6.07, 6.45) is -10.4. The second-order valence-electron chi connectivity index (χ2n) is 11.1. The molecule has 34 heteroatoms. The van der Waals surface area contributed by atoms with Crippen LogP contribution in [0.3, 0.4) is 0 Å². The van der Waals surface area contributed by atoms with Gasteiger partial charge in [0.1, 0.15) is 12.2 Å². The molecule has 6 rings (SSSR count). The second kappa shape index (κ2) is 14.6. The van der Waals surface area contributed by atoms with Gasteiger partial charge in [0.05, 0.1) is 25.4 Å². The number of aliphatic hydroxyl groups excluding tert-OH is 2. The number of fused-ring (bicyclic) bond motifs is 2. The van der Waals surface area contributed by atoms with Crippen LogP contribution in [0.5, 0.6) is 0 Å². The van der Waals surface area contributed by atoms with E-state index in [-0.39, 0.29) is 34.7 Å². The van der Waals surface area contributed by atoms with E-state index >= 15 is 0 Å². The maximum absolute atomic E-state index is 13.7. The van der Waals surface area contributed by atoms with Crippen LogP contribution in [-0.2, 0) is 54.5 Å². The van der Waals surface area contributed by atoms with Gasteiger partial charge in [-0.15, -0.1) is 0 Å². The molecule has 0 aliphatic carbocycles. The SMILES string of the molecule is COP(=O)(OCC1C[C@@H](O)[C@H](n2cnc3c(=O)[nH]c(N)nc32)O1)O[C@@H]1[C@@H](OP(=O)(O)OP(=O)(O)OP(=O)(O)O)O[C@@H](n2cnc3c(=O)[nH]c(N)nc32)[C@@H]1O. The van der Waals surface area contributed by atoms with E-state index in [2.05, 4.69) is 38.5 Å². The second-order valence-corrected chi connectivity index (χ2v) is 17.2. The van der Waals surface area contributed by atoms with E-state index in [1.54, 1.807) is 0 Å². The van der Waals surface area contributed by atoms with Crippen molar-refractivity contribution >= 4 is 65.5 Å². The zero-order valence-electron chi connectivity index (χ0n) is 26.6. The Bertz CT molecular complexity index is 2380. The van der Waals surface area contributed by atoms with Gasteiger partial charge in [-0.05, 0) is 0 Å². The van der Waals surface area contributed by atoms with Crippen LogP contribution in [0.4, 0.5) is 11.9 Å². The standard InChI is InChI=1S/C20H28N10O20P4/c1-43-54(42,44-3-6-2-7(31)16(45-6)29-4-23-8-12(29)25-19(21)27-14(8)33)47-11-10(32)17(30-5-24-9-13(30)26-20(22)28-15(9)34)46-18(11)48-52(38,39)50-53(40,41)49-51(35,36)37/h4-7,10-11,16-18,31-32H,2-3H2,1H3,(H,38,39)(H,40,41)(H2,35,36,37)(H3,21,25,27,33)(H3,22,26,28,34)/t6?,7-,10-,11+,16-,17-,18-,54?/m1/s1. The van der Waals surface area contributed by atoms with Crippen LogP contribution in [0, 0.1) is 0 Å². The zero-order chi connectivity index (χ0) is 39.5. The van der Waals surface area contributed by atoms with Crippen LogP contribution < -0.4 is 22.6 Å². The van der Waals surface area contributed by atoms with Gasteiger partial charge < -0.3 is 50.7 Å². The van der Waals surface area contributed by atoms with Crippen molar-refractivity contribution in [2.24, 2.45) is 0 Å². The fourth-order valence-corrected chi connectivity index (χ4v) is 9.49. The number of hydrogen-bond donors (Lipinski definition) is 10. The number of phosphoric acid groups is 4. The van der Waals surface area contributed by atoms with Gasteiger partial charge in [-0.25, -0.2) is 28.2 Å². The molecule has 0 radical (unpaired) electrons. The highest BCUT2D eigenvalue weighted by Gasteiger charge is 2.54. The fraction of sp³-hybridized carbons (Fsp3) is 0.500. The number of anilines is 2. The van der Waals surface area contributed by atoms with Gasteiger partial charge in [-0.1, -0.05) is 0 Å². The van der Waals surface area contributed by atoms with Gasteiger partial charge in [0.25, 0.3) is 11.1 Å². The van der Waals surface area contributed by atoms with Gasteiger partial charge in [0.2, 0.25) is 18.2 Å². The molecule has 54 heavy (non-hydrogen) atoms. The molecule has 2 fully saturated rings. The molecule has 10 atom stereocenters. The Balaban J connectivity index is 1.23. The quantitative estimate of drug-likeness (QED) is 0.0601. The van der Waals surface area contributed by atoms with Crippen molar-refractivity contribution in [1.29, 1.82) is 0 Å². The number of nitrogens with one attached hydrogen (secondary N) is 2. The highest BCUT2D eigenvalue weighted by molar-refractivity contribution is 7.66. The van der Waals surface area contributed by atoms with Gasteiger partial charge in [-0.2, -0.15) is 18.6 Å². The summed E-state index contributed by atoms with van der Waals surface area (Å²) >= 11 is 0. The summed E-state index contributed by atoms with van der Waals surface area (Å²) < 4.78 is 90.7. The summed E-state index contributed by atoms with van der Waals surface area (Å²) in [5.74, 6) is -0.671. The third kappa shape index (κ3) is 8.56. The van der Waals surface area contributed by atoms with E-state index in [4.69, 9.17) is 48.8 Å². The van der Waals surface area contributed by atoms with Crippen molar-refractivity contribution in [3.63, 3.8) is 0 Å². The summed E-state index contributed by atoms with van der Waals surface area (Å²) in [7, 11) is -22.0. The molecule has 2 saturated heterocycles. The molecule has 0 amide bonds. The van der Waals surface area contributed by atoms with Gasteiger partial charge in [0.15, 0.2) is 40.9 Å². The number of aromatic nitrogens is 8. The van der Waals surface area contributed by atoms with E-state index in [0.29, 0.717) is 0 Å². The van der Waals surface area contributed by atoms with Crippen molar-refractivity contribution in [3.8, 4) is 0 Å². The van der Waals surface area contributed by atoms with Crippen LogP contribution in [-0.4, -0.2) is 113 Å². The predicted molar refractivity (Wildman–Crippen MR) is 170 cm³/mol. The molecule has 0 bridgehead atoms. The van der Waals surface area contributed by atoms with Crippen molar-refractivity contribution in [3.05, 3.63) is 33.4 Å². The number of aromatic amines is 2. The molecule has 4 aromatic heterocycles. The monoisotopic (exact) mass is 852 g/mol. The Hall–Kier alpha value is -3.34. The molecular weight excluding hydrogens is 824 g/mol. The van der Waals surface area contributed by atoms with E-state index in [9.17, 15) is 47.8 Å². The first kappa shape index (κ1) is 40.3. The molecule has 0 spiro atoms. The molecule has 30 nitrogen and oxygen atoms in total. The third-order valence-electron chi connectivity index (χ3n) is 7.33. The molecule has 2 aliphatic rings. The summed E-state index contributed by atoms with van der Waals surface area (Å²) in [5.41, 5.74) is 8.90. The van der Waals surface area contributed by atoms with Crippen LogP contribution in [0.15, 0.2) is 22.2 Å². The minimum atomic E-state index is -6.06. The number of nitrogens with two attached hydrogens (primary N) is 2. The summed E-state index contributed by atoms with van der Waals surface area (Å²) in [4.78, 5) is 82.1. The lowest BCUT2D eigenvalue weighted by Crippen LogP contribution is -2.35. The summed E-state index contributed by atoms with van der Waals surface area (Å²) in [6.45, 7) is -0.673. The number of hydrogen-bond acceptors (Lipinski definition) is 22. The van der Waals surface area contributed by atoms with Crippen molar-refractivity contribution in [2.45, 2.75) is 49.6 Å². The highest BCUT2D eigenvalue weighted by atomic mass is 31.3. The Morgan fingerprint density at radius 2 is 1.41 bits per heavy atom. The van der Waals surface area contributed by atoms with Gasteiger partial charge in [-0.3, -0.25) is 46.8 Å². The molecule has 2 aliphatic heterocycles. The van der Waals surface area contributed by atoms with Crippen molar-refractivity contribution < 1.29 is 84.2 Å². The topological polar surface area (TPSA) is 443 Å². The van der Waals surface area contributed by atoms with E-state index in [1.807, 2.05) is 0 Å². The molecular formula is C20H28N10O20P4. The van der Waals surface area contributed by atoms with Crippen molar-refractivity contribution in [2.75, 3.05) is 25.2 Å². The molecule has 0 aromatic carbocycles. The van der Waals surface area contributed by atoms with Gasteiger partial charge >= 0.3 is 31.3 Å². The average Bonchev–Trinajstić information content (AvgIpc) is 3.80. The Labute approximate surface area is 297 Å². The number of phosphoric ester groups is 2. The Morgan fingerprint density at radius 1 is 0.852 bits per heavy atom. The van der Waals surface area contributed by atoms with Crippen LogP contribution >= 0.6 is 31.3 Å². The number of ether oxygens (including phenoxy) is 2. The molecule has 298 valence electrons. The maximum atomic E-state index is 13.7. The van der Waals surface area contributed by atoms with Gasteiger partial charge in [0, 0.05) is 13.5 Å². The molecule has 6 heterocycles. The van der Waals surface area contributed by atoms with E-state index < -0.39 is 98.1 Å².